The molecule has 0 atom stereocenters. The van der Waals surface area contributed by atoms with Crippen molar-refractivity contribution in [3.05, 3.63) is 57.7 Å². The van der Waals surface area contributed by atoms with Crippen LogP contribution in [0.2, 0.25) is 0 Å². The highest BCUT2D eigenvalue weighted by Crippen LogP contribution is 2.28. The van der Waals surface area contributed by atoms with Crippen molar-refractivity contribution in [2.24, 2.45) is 5.73 Å². The van der Waals surface area contributed by atoms with Crippen molar-refractivity contribution in [2.75, 3.05) is 18.4 Å². The summed E-state index contributed by atoms with van der Waals surface area (Å²) in [4.78, 5) is 42.7. The zero-order chi connectivity index (χ0) is 24.1. The summed E-state index contributed by atoms with van der Waals surface area (Å²) in [7, 11) is 0. The highest BCUT2D eigenvalue weighted by molar-refractivity contribution is 7.09. The van der Waals surface area contributed by atoms with E-state index >= 15 is 0 Å². The first kappa shape index (κ1) is 24.2. The highest BCUT2D eigenvalue weighted by Gasteiger charge is 2.19. The molecule has 0 fully saturated rings. The van der Waals surface area contributed by atoms with E-state index in [2.05, 4.69) is 16.4 Å². The lowest BCUT2D eigenvalue weighted by Gasteiger charge is -2.22. The fraction of sp³-hybridized carbons (Fsp3) is 0.333. The SMILES string of the molecule is CCN(CCC(=O)Nc1ccc(C(N)=O)cc1)C(=O)Cn1c(C)cc(-c2csc(C)n2)c1C. The lowest BCUT2D eigenvalue weighted by atomic mass is 10.2. The van der Waals surface area contributed by atoms with Crippen LogP contribution in [-0.4, -0.2) is 45.3 Å². The Morgan fingerprint density at radius 1 is 1.15 bits per heavy atom. The van der Waals surface area contributed by atoms with Gasteiger partial charge in [0.25, 0.3) is 0 Å². The van der Waals surface area contributed by atoms with E-state index in [0.717, 1.165) is 27.7 Å². The maximum Gasteiger partial charge on any atom is 0.248 e. The van der Waals surface area contributed by atoms with Crippen molar-refractivity contribution in [3.63, 3.8) is 0 Å². The average Bonchev–Trinajstić information content (AvgIpc) is 3.32. The first-order chi connectivity index (χ1) is 15.7. The van der Waals surface area contributed by atoms with Gasteiger partial charge in [0.05, 0.1) is 10.7 Å². The molecule has 0 saturated heterocycles. The molecule has 0 spiro atoms. The Labute approximate surface area is 197 Å². The van der Waals surface area contributed by atoms with Crippen molar-refractivity contribution in [2.45, 2.75) is 40.7 Å². The number of nitrogens with two attached hydrogens (primary N) is 1. The lowest BCUT2D eigenvalue weighted by Crippen LogP contribution is -2.36. The van der Waals surface area contributed by atoms with Crippen LogP contribution in [-0.2, 0) is 16.1 Å². The minimum absolute atomic E-state index is 0.0427. The number of benzene rings is 1. The predicted octanol–water partition coefficient (Wildman–Crippen LogP) is 3.51. The zero-order valence-electron chi connectivity index (χ0n) is 19.3. The van der Waals surface area contributed by atoms with Crippen LogP contribution < -0.4 is 11.1 Å². The smallest absolute Gasteiger partial charge is 0.248 e. The molecule has 3 rings (SSSR count). The maximum atomic E-state index is 13.0. The largest absolute Gasteiger partial charge is 0.366 e. The molecule has 0 bridgehead atoms. The quantitative estimate of drug-likeness (QED) is 0.502. The number of hydrogen-bond donors (Lipinski definition) is 2. The number of aromatic nitrogens is 2. The van der Waals surface area contributed by atoms with E-state index in [-0.39, 0.29) is 24.8 Å². The van der Waals surface area contributed by atoms with Crippen molar-refractivity contribution >= 4 is 34.7 Å². The van der Waals surface area contributed by atoms with E-state index in [4.69, 9.17) is 5.73 Å². The monoisotopic (exact) mass is 467 g/mol. The molecule has 33 heavy (non-hydrogen) atoms. The molecule has 0 unspecified atom stereocenters. The maximum absolute atomic E-state index is 13.0. The van der Waals surface area contributed by atoms with Crippen LogP contribution in [0, 0.1) is 20.8 Å². The molecule has 1 aromatic carbocycles. The summed E-state index contributed by atoms with van der Waals surface area (Å²) < 4.78 is 2.00. The number of amides is 3. The molecule has 0 radical (unpaired) electrons. The van der Waals surface area contributed by atoms with Crippen LogP contribution >= 0.6 is 11.3 Å². The van der Waals surface area contributed by atoms with Gasteiger partial charge < -0.3 is 20.5 Å². The summed E-state index contributed by atoms with van der Waals surface area (Å²) in [5, 5.41) is 5.81. The molecule has 2 heterocycles. The summed E-state index contributed by atoms with van der Waals surface area (Å²) >= 11 is 1.60. The minimum Gasteiger partial charge on any atom is -0.366 e. The van der Waals surface area contributed by atoms with Crippen LogP contribution in [0.1, 0.15) is 40.1 Å². The number of hydrogen-bond acceptors (Lipinski definition) is 5. The van der Waals surface area contributed by atoms with Gasteiger partial charge in [0.15, 0.2) is 0 Å². The molecule has 0 saturated carbocycles. The third-order valence-electron chi connectivity index (χ3n) is 5.56. The number of carbonyl (C=O) groups excluding carboxylic acids is 3. The van der Waals surface area contributed by atoms with Crippen LogP contribution in [0.15, 0.2) is 35.7 Å². The second-order valence-electron chi connectivity index (χ2n) is 7.84. The first-order valence-electron chi connectivity index (χ1n) is 10.8. The number of primary amides is 1. The first-order valence-corrected chi connectivity index (χ1v) is 11.6. The summed E-state index contributed by atoms with van der Waals surface area (Å²) in [5.41, 5.74) is 10.1. The van der Waals surface area contributed by atoms with Crippen molar-refractivity contribution in [1.29, 1.82) is 0 Å². The third kappa shape index (κ3) is 5.87. The van der Waals surface area contributed by atoms with Gasteiger partial charge in [-0.1, -0.05) is 0 Å². The van der Waals surface area contributed by atoms with Crippen molar-refractivity contribution in [3.8, 4) is 11.3 Å². The molecule has 3 amide bonds. The van der Waals surface area contributed by atoms with Gasteiger partial charge in [0, 0.05) is 53.1 Å². The Morgan fingerprint density at radius 3 is 2.42 bits per heavy atom. The number of nitrogens with zero attached hydrogens (tertiary/aromatic N) is 3. The number of thiazole rings is 1. The van der Waals surface area contributed by atoms with Gasteiger partial charge in [-0.05, 0) is 58.0 Å². The van der Waals surface area contributed by atoms with Gasteiger partial charge in [-0.3, -0.25) is 14.4 Å². The Kier molecular flexibility index (Phi) is 7.65. The van der Waals surface area contributed by atoms with Crippen LogP contribution in [0.3, 0.4) is 0 Å². The Balaban J connectivity index is 1.59. The summed E-state index contributed by atoms with van der Waals surface area (Å²) in [6, 6.07) is 8.43. The molecule has 8 nitrogen and oxygen atoms in total. The molecule has 9 heteroatoms. The van der Waals surface area contributed by atoms with Crippen LogP contribution in [0.25, 0.3) is 11.3 Å². The molecule has 0 aliphatic heterocycles. The van der Waals surface area contributed by atoms with E-state index in [9.17, 15) is 14.4 Å². The number of likely N-dealkylation sites (N-methyl/N-ethyl adjacent to an activating group) is 1. The second-order valence-corrected chi connectivity index (χ2v) is 8.90. The van der Waals surface area contributed by atoms with Gasteiger partial charge in [-0.15, -0.1) is 11.3 Å². The molecule has 0 aliphatic rings. The van der Waals surface area contributed by atoms with Crippen LogP contribution in [0.4, 0.5) is 5.69 Å². The van der Waals surface area contributed by atoms with Gasteiger partial charge in [-0.25, -0.2) is 4.98 Å². The van der Waals surface area contributed by atoms with Gasteiger partial charge in [0.2, 0.25) is 17.7 Å². The molecule has 3 N–H and O–H groups in total. The number of nitrogens with one attached hydrogen (secondary N) is 1. The fourth-order valence-corrected chi connectivity index (χ4v) is 4.28. The Bertz CT molecular complexity index is 1160. The van der Waals surface area contributed by atoms with E-state index in [1.54, 1.807) is 40.5 Å². The van der Waals surface area contributed by atoms with Crippen LogP contribution in [0.5, 0.6) is 0 Å². The van der Waals surface area contributed by atoms with E-state index in [1.807, 2.05) is 37.6 Å². The van der Waals surface area contributed by atoms with Gasteiger partial charge in [0.1, 0.15) is 6.54 Å². The molecule has 2 aromatic heterocycles. The average molecular weight is 468 g/mol. The fourth-order valence-electron chi connectivity index (χ4n) is 3.66. The normalized spacial score (nSPS) is 10.8. The molecular weight excluding hydrogens is 438 g/mol. The van der Waals surface area contributed by atoms with E-state index < -0.39 is 5.91 Å². The molecule has 0 aliphatic carbocycles. The number of anilines is 1. The van der Waals surface area contributed by atoms with Gasteiger partial charge in [-0.2, -0.15) is 0 Å². The topological polar surface area (TPSA) is 110 Å². The van der Waals surface area contributed by atoms with Gasteiger partial charge >= 0.3 is 0 Å². The van der Waals surface area contributed by atoms with Crippen molar-refractivity contribution in [1.82, 2.24) is 14.5 Å². The highest BCUT2D eigenvalue weighted by atomic mass is 32.1. The number of carbonyl (C=O) groups is 3. The Hall–Kier alpha value is -3.46. The lowest BCUT2D eigenvalue weighted by molar-refractivity contribution is -0.132. The number of aryl methyl sites for hydroxylation is 2. The summed E-state index contributed by atoms with van der Waals surface area (Å²) in [6.45, 7) is 8.90. The molecule has 174 valence electrons. The summed E-state index contributed by atoms with van der Waals surface area (Å²) in [5.74, 6) is -0.770. The Morgan fingerprint density at radius 2 is 1.85 bits per heavy atom. The number of rotatable bonds is 9. The second kappa shape index (κ2) is 10.4. The third-order valence-corrected chi connectivity index (χ3v) is 6.33. The summed E-state index contributed by atoms with van der Waals surface area (Å²) in [6.07, 6.45) is 0.171. The van der Waals surface area contributed by atoms with Crippen molar-refractivity contribution < 1.29 is 14.4 Å². The van der Waals surface area contributed by atoms with E-state index in [1.165, 1.54) is 0 Å². The minimum atomic E-state index is -0.521. The molecule has 3 aromatic rings. The standard InChI is InChI=1S/C24H29N5O3S/c1-5-28(11-10-22(30)27-19-8-6-18(7-9-19)24(25)32)23(31)13-29-15(2)12-20(16(29)3)21-14-33-17(4)26-21/h6-9,12,14H,5,10-11,13H2,1-4H3,(H2,25,32)(H,27,30). The molecular formula is C24H29N5O3S. The predicted molar refractivity (Wildman–Crippen MR) is 130 cm³/mol. The zero-order valence-corrected chi connectivity index (χ0v) is 20.2. The van der Waals surface area contributed by atoms with E-state index in [0.29, 0.717) is 24.3 Å².